The molecule has 3 rings (SSSR count). The summed E-state index contributed by atoms with van der Waals surface area (Å²) < 4.78 is 14.5. The van der Waals surface area contributed by atoms with Crippen LogP contribution in [-0.4, -0.2) is 15.5 Å². The second-order valence-electron chi connectivity index (χ2n) is 5.91. The first kappa shape index (κ1) is 18.1. The predicted molar refractivity (Wildman–Crippen MR) is 98.8 cm³/mol. The molecule has 0 aliphatic rings. The fraction of sp³-hybridized carbons (Fsp3) is 0.278. The molecule has 0 aliphatic heterocycles. The Morgan fingerprint density at radius 3 is 2.69 bits per heavy atom. The molecule has 2 aromatic heterocycles. The van der Waals surface area contributed by atoms with Crippen LogP contribution in [0.1, 0.15) is 24.8 Å². The number of aromatic nitrogens is 2. The summed E-state index contributed by atoms with van der Waals surface area (Å²) in [5, 5.41) is 4.53. The number of hydrogen-bond donors (Lipinski definition) is 2. The molecule has 0 aliphatic carbocycles. The predicted octanol–water partition coefficient (Wildman–Crippen LogP) is 2.38. The quantitative estimate of drug-likeness (QED) is 0.622. The van der Waals surface area contributed by atoms with E-state index in [-0.39, 0.29) is 23.8 Å². The van der Waals surface area contributed by atoms with Crippen molar-refractivity contribution >= 4 is 27.5 Å². The fourth-order valence-corrected chi connectivity index (χ4v) is 3.42. The van der Waals surface area contributed by atoms with E-state index in [1.54, 1.807) is 23.6 Å². The van der Waals surface area contributed by atoms with E-state index in [9.17, 15) is 18.8 Å². The molecular weight excluding hydrogens is 357 g/mol. The molecule has 1 amide bonds. The van der Waals surface area contributed by atoms with Crippen LogP contribution in [0.3, 0.4) is 0 Å². The lowest BCUT2D eigenvalue weighted by atomic mass is 10.2. The minimum Gasteiger partial charge on any atom is -0.352 e. The minimum absolute atomic E-state index is 0.121. The number of hydrogen-bond acceptors (Lipinski definition) is 4. The van der Waals surface area contributed by atoms with Crippen molar-refractivity contribution in [3.63, 3.8) is 0 Å². The number of thiophene rings is 1. The van der Waals surface area contributed by atoms with Crippen molar-refractivity contribution in [2.75, 3.05) is 0 Å². The van der Waals surface area contributed by atoms with Crippen LogP contribution in [0, 0.1) is 5.82 Å². The van der Waals surface area contributed by atoms with Crippen molar-refractivity contribution in [2.24, 2.45) is 0 Å². The van der Waals surface area contributed by atoms with E-state index < -0.39 is 5.69 Å². The molecular formula is C18H18FN3O3S. The molecule has 0 bridgehead atoms. The van der Waals surface area contributed by atoms with Gasteiger partial charge in [0.25, 0.3) is 5.56 Å². The molecule has 0 fully saturated rings. The molecule has 26 heavy (non-hydrogen) atoms. The summed E-state index contributed by atoms with van der Waals surface area (Å²) in [5.74, 6) is -0.435. The van der Waals surface area contributed by atoms with Crippen molar-refractivity contribution in [2.45, 2.75) is 32.4 Å². The van der Waals surface area contributed by atoms with Crippen molar-refractivity contribution in [3.8, 4) is 0 Å². The third-order valence-corrected chi connectivity index (χ3v) is 4.93. The van der Waals surface area contributed by atoms with E-state index in [0.29, 0.717) is 36.0 Å². The average Bonchev–Trinajstić information content (AvgIpc) is 3.09. The molecule has 0 atom stereocenters. The number of unbranched alkanes of at least 4 members (excludes halogenated alkanes) is 1. The van der Waals surface area contributed by atoms with Crippen LogP contribution in [0.4, 0.5) is 4.39 Å². The molecule has 136 valence electrons. The van der Waals surface area contributed by atoms with Gasteiger partial charge in [0.1, 0.15) is 10.5 Å². The molecule has 0 unspecified atom stereocenters. The fourth-order valence-electron chi connectivity index (χ4n) is 2.62. The summed E-state index contributed by atoms with van der Waals surface area (Å²) >= 11 is 1.30. The number of rotatable bonds is 7. The molecule has 3 aromatic rings. The van der Waals surface area contributed by atoms with Crippen molar-refractivity contribution in [1.29, 1.82) is 0 Å². The van der Waals surface area contributed by atoms with Crippen LogP contribution in [0.2, 0.25) is 0 Å². The van der Waals surface area contributed by atoms with Gasteiger partial charge in [0.2, 0.25) is 5.91 Å². The molecule has 6 nitrogen and oxygen atoms in total. The van der Waals surface area contributed by atoms with Gasteiger partial charge in [-0.15, -0.1) is 11.3 Å². The highest BCUT2D eigenvalue weighted by atomic mass is 32.1. The number of fused-ring (bicyclic) bond motifs is 1. The lowest BCUT2D eigenvalue weighted by molar-refractivity contribution is -0.121. The van der Waals surface area contributed by atoms with Gasteiger partial charge in [-0.25, -0.2) is 9.18 Å². The molecule has 0 spiro atoms. The van der Waals surface area contributed by atoms with E-state index in [4.69, 9.17) is 0 Å². The second kappa shape index (κ2) is 8.09. The molecule has 0 saturated carbocycles. The molecule has 0 saturated heterocycles. The SMILES string of the molecule is O=C(CCCCn1c(=O)[nH]c2ccsc2c1=O)NCc1ccc(F)cc1. The highest BCUT2D eigenvalue weighted by Gasteiger charge is 2.09. The zero-order valence-corrected chi connectivity index (χ0v) is 14.8. The standard InChI is InChI=1S/C18H18FN3O3S/c19-13-6-4-12(5-7-13)11-20-15(23)3-1-2-9-22-17(24)16-14(8-10-26-16)21-18(22)25/h4-8,10H,1-3,9,11H2,(H,20,23)(H,21,25). The van der Waals surface area contributed by atoms with Gasteiger partial charge in [0.15, 0.2) is 0 Å². The molecule has 2 N–H and O–H groups in total. The number of nitrogens with one attached hydrogen (secondary N) is 2. The number of nitrogens with zero attached hydrogens (tertiary/aromatic N) is 1. The average molecular weight is 375 g/mol. The Kier molecular flexibility index (Phi) is 5.62. The number of benzene rings is 1. The van der Waals surface area contributed by atoms with E-state index in [0.717, 1.165) is 5.56 Å². The maximum atomic E-state index is 12.8. The third-order valence-electron chi connectivity index (χ3n) is 4.03. The van der Waals surface area contributed by atoms with Gasteiger partial charge in [-0.05, 0) is 42.0 Å². The van der Waals surface area contributed by atoms with Gasteiger partial charge >= 0.3 is 5.69 Å². The van der Waals surface area contributed by atoms with Gasteiger partial charge in [0, 0.05) is 19.5 Å². The van der Waals surface area contributed by atoms with Gasteiger partial charge in [0.05, 0.1) is 5.52 Å². The Morgan fingerprint density at radius 2 is 1.92 bits per heavy atom. The normalized spacial score (nSPS) is 11.0. The van der Waals surface area contributed by atoms with Gasteiger partial charge in [-0.3, -0.25) is 14.2 Å². The molecule has 1 aromatic carbocycles. The number of aromatic amines is 1. The van der Waals surface area contributed by atoms with E-state index in [2.05, 4.69) is 10.3 Å². The largest absolute Gasteiger partial charge is 0.352 e. The number of carbonyl (C=O) groups is 1. The Morgan fingerprint density at radius 1 is 1.15 bits per heavy atom. The molecule has 2 heterocycles. The summed E-state index contributed by atoms with van der Waals surface area (Å²) in [6, 6.07) is 7.64. The summed E-state index contributed by atoms with van der Waals surface area (Å²) in [7, 11) is 0. The second-order valence-corrected chi connectivity index (χ2v) is 6.83. The van der Waals surface area contributed by atoms with E-state index in [1.807, 2.05) is 0 Å². The highest BCUT2D eigenvalue weighted by Crippen LogP contribution is 2.12. The zero-order valence-electron chi connectivity index (χ0n) is 14.0. The number of halogens is 1. The monoisotopic (exact) mass is 375 g/mol. The maximum absolute atomic E-state index is 12.8. The van der Waals surface area contributed by atoms with Gasteiger partial charge in [-0.1, -0.05) is 12.1 Å². The van der Waals surface area contributed by atoms with Crippen LogP contribution in [-0.2, 0) is 17.9 Å². The first-order chi connectivity index (χ1) is 12.5. The third kappa shape index (κ3) is 4.26. The first-order valence-corrected chi connectivity index (χ1v) is 9.14. The van der Waals surface area contributed by atoms with Crippen LogP contribution in [0.15, 0.2) is 45.3 Å². The van der Waals surface area contributed by atoms with Crippen LogP contribution >= 0.6 is 11.3 Å². The Balaban J connectivity index is 1.47. The molecule has 0 radical (unpaired) electrons. The summed E-state index contributed by atoms with van der Waals surface area (Å²) in [6.45, 7) is 0.612. The lowest BCUT2D eigenvalue weighted by Crippen LogP contribution is -2.34. The van der Waals surface area contributed by atoms with E-state index >= 15 is 0 Å². The smallest absolute Gasteiger partial charge is 0.328 e. The Bertz CT molecular complexity index is 1020. The Hall–Kier alpha value is -2.74. The Labute approximate surface area is 152 Å². The van der Waals surface area contributed by atoms with Crippen molar-refractivity contribution in [3.05, 3.63) is 67.9 Å². The molecule has 8 heteroatoms. The first-order valence-electron chi connectivity index (χ1n) is 8.26. The highest BCUT2D eigenvalue weighted by molar-refractivity contribution is 7.17. The topological polar surface area (TPSA) is 84.0 Å². The number of H-pyrrole nitrogens is 1. The van der Waals surface area contributed by atoms with Crippen LogP contribution in [0.25, 0.3) is 10.2 Å². The number of amides is 1. The van der Waals surface area contributed by atoms with E-state index in [1.165, 1.54) is 28.0 Å². The van der Waals surface area contributed by atoms with Crippen molar-refractivity contribution < 1.29 is 9.18 Å². The summed E-state index contributed by atoms with van der Waals surface area (Å²) in [4.78, 5) is 38.8. The zero-order chi connectivity index (χ0) is 18.5. The van der Waals surface area contributed by atoms with Crippen LogP contribution in [0.5, 0.6) is 0 Å². The van der Waals surface area contributed by atoms with Crippen LogP contribution < -0.4 is 16.6 Å². The summed E-state index contributed by atoms with van der Waals surface area (Å²) in [5.41, 5.74) is 0.657. The van der Waals surface area contributed by atoms with Gasteiger partial charge in [-0.2, -0.15) is 0 Å². The summed E-state index contributed by atoms with van der Waals surface area (Å²) in [6.07, 6.45) is 1.41. The van der Waals surface area contributed by atoms with Gasteiger partial charge < -0.3 is 10.3 Å². The van der Waals surface area contributed by atoms with Crippen molar-refractivity contribution in [1.82, 2.24) is 14.9 Å². The minimum atomic E-state index is -0.429. The lowest BCUT2D eigenvalue weighted by Gasteiger charge is -2.06. The maximum Gasteiger partial charge on any atom is 0.328 e. The number of carbonyl (C=O) groups excluding carboxylic acids is 1.